The van der Waals surface area contributed by atoms with Crippen molar-refractivity contribution >= 4 is 5.97 Å². The summed E-state index contributed by atoms with van der Waals surface area (Å²) >= 11 is 0. The van der Waals surface area contributed by atoms with Gasteiger partial charge in [-0.25, -0.2) is 0 Å². The number of carbonyl (C=O) groups is 1. The molecule has 0 atom stereocenters. The number of benzene rings is 1. The van der Waals surface area contributed by atoms with E-state index in [4.69, 9.17) is 9.84 Å². The molecule has 0 aromatic heterocycles. The second-order valence-corrected chi connectivity index (χ2v) is 2.42. The molecule has 0 unspecified atom stereocenters. The van der Waals surface area contributed by atoms with Crippen molar-refractivity contribution in [1.29, 1.82) is 0 Å². The molecule has 0 fully saturated rings. The fourth-order valence-electron chi connectivity index (χ4n) is 0.918. The quantitative estimate of drug-likeness (QED) is 0.514. The Balaban J connectivity index is 0. The van der Waals surface area contributed by atoms with Crippen molar-refractivity contribution in [2.24, 2.45) is 0 Å². The van der Waals surface area contributed by atoms with Gasteiger partial charge in [-0.1, -0.05) is 12.1 Å². The van der Waals surface area contributed by atoms with Crippen LogP contribution in [0.5, 0.6) is 5.75 Å². The Kier molecular flexibility index (Phi) is 10.6. The van der Waals surface area contributed by atoms with Crippen molar-refractivity contribution in [3.8, 4) is 5.75 Å². The molecule has 0 saturated heterocycles. The molecule has 0 radical (unpaired) electrons. The van der Waals surface area contributed by atoms with Gasteiger partial charge in [0.2, 0.25) is 0 Å². The summed E-state index contributed by atoms with van der Waals surface area (Å²) in [6.45, 7) is 5.00. The van der Waals surface area contributed by atoms with E-state index in [9.17, 15) is 4.79 Å². The van der Waals surface area contributed by atoms with E-state index in [1.54, 1.807) is 38.3 Å². The minimum absolute atomic E-state index is 0. The standard InChI is InChI=1S/C9H10O3.C2H5.Li/c1-12-8-4-2-7(3-5-8)6-9(10)11;1-2;/h2-5H,6H2,1H3,(H,10,11);1H2,2H3;/q;-1;+1. The van der Waals surface area contributed by atoms with Gasteiger partial charge in [-0.15, -0.1) is 0 Å². The molecule has 0 spiro atoms. The first kappa shape index (κ1) is 16.5. The Hall–Kier alpha value is -0.913. The maximum absolute atomic E-state index is 10.3. The summed E-state index contributed by atoms with van der Waals surface area (Å²) in [5.41, 5.74) is 0.781. The molecule has 4 heteroatoms. The minimum Gasteiger partial charge on any atom is -0.497 e. The Bertz CT molecular complexity index is 270. The molecule has 0 bridgehead atoms. The number of carboxylic acids is 1. The molecule has 0 aliphatic carbocycles. The summed E-state index contributed by atoms with van der Waals surface area (Å²) < 4.78 is 4.93. The summed E-state index contributed by atoms with van der Waals surface area (Å²) in [5, 5.41) is 8.46. The molecule has 0 aliphatic heterocycles. The number of methoxy groups -OCH3 is 1. The van der Waals surface area contributed by atoms with Crippen LogP contribution in [0.3, 0.4) is 0 Å². The third-order valence-corrected chi connectivity index (χ3v) is 1.51. The Labute approximate surface area is 103 Å². The smallest absolute Gasteiger partial charge is 0.497 e. The van der Waals surface area contributed by atoms with Gasteiger partial charge in [0.25, 0.3) is 0 Å². The Morgan fingerprint density at radius 3 is 2.13 bits per heavy atom. The third-order valence-electron chi connectivity index (χ3n) is 1.51. The molecule has 1 aromatic rings. The molecule has 1 N–H and O–H groups in total. The van der Waals surface area contributed by atoms with Crippen LogP contribution in [-0.4, -0.2) is 18.2 Å². The summed E-state index contributed by atoms with van der Waals surface area (Å²) in [4.78, 5) is 10.3. The van der Waals surface area contributed by atoms with Crippen LogP contribution in [0.15, 0.2) is 24.3 Å². The van der Waals surface area contributed by atoms with Crippen molar-refractivity contribution in [2.45, 2.75) is 13.3 Å². The maximum atomic E-state index is 10.3. The first-order valence-electron chi connectivity index (χ1n) is 4.28. The van der Waals surface area contributed by atoms with E-state index in [1.165, 1.54) is 0 Å². The zero-order chi connectivity index (χ0) is 11.0. The van der Waals surface area contributed by atoms with Crippen LogP contribution in [0.25, 0.3) is 0 Å². The summed E-state index contributed by atoms with van der Waals surface area (Å²) in [5.74, 6) is -0.0793. The molecule has 15 heavy (non-hydrogen) atoms. The zero-order valence-electron chi connectivity index (χ0n) is 9.49. The van der Waals surface area contributed by atoms with Gasteiger partial charge in [0.1, 0.15) is 5.75 Å². The number of rotatable bonds is 3. The second-order valence-electron chi connectivity index (χ2n) is 2.42. The van der Waals surface area contributed by atoms with Gasteiger partial charge in [-0.3, -0.25) is 4.79 Å². The number of aliphatic carboxylic acids is 1. The number of hydrogen-bond acceptors (Lipinski definition) is 2. The Morgan fingerprint density at radius 2 is 1.80 bits per heavy atom. The predicted molar refractivity (Wildman–Crippen MR) is 55.4 cm³/mol. The van der Waals surface area contributed by atoms with Crippen LogP contribution >= 0.6 is 0 Å². The fourth-order valence-corrected chi connectivity index (χ4v) is 0.918. The normalized spacial score (nSPS) is 7.93. The molecule has 0 aliphatic rings. The summed E-state index contributed by atoms with van der Waals surface area (Å²) in [7, 11) is 1.58. The SMILES string of the molecule is COc1ccc(CC(=O)O)cc1.[CH2-]C.[Li+]. The third kappa shape index (κ3) is 7.07. The molecular weight excluding hydrogens is 187 g/mol. The first-order valence-corrected chi connectivity index (χ1v) is 4.28. The average Bonchev–Trinajstić information content (AvgIpc) is 2.21. The molecule has 78 valence electrons. The van der Waals surface area contributed by atoms with Crippen LogP contribution < -0.4 is 23.6 Å². The predicted octanol–water partition coefficient (Wildman–Crippen LogP) is -0.833. The van der Waals surface area contributed by atoms with Crippen LogP contribution in [-0.2, 0) is 11.2 Å². The topological polar surface area (TPSA) is 46.5 Å². The molecule has 0 saturated carbocycles. The van der Waals surface area contributed by atoms with Crippen molar-refractivity contribution in [2.75, 3.05) is 7.11 Å². The van der Waals surface area contributed by atoms with E-state index >= 15 is 0 Å². The second kappa shape index (κ2) is 9.64. The largest absolute Gasteiger partial charge is 1.00 e. The molecule has 0 heterocycles. The molecule has 0 amide bonds. The molecule has 1 aromatic carbocycles. The summed E-state index contributed by atoms with van der Waals surface area (Å²) in [6, 6.07) is 6.98. The van der Waals surface area contributed by atoms with Gasteiger partial charge in [0.05, 0.1) is 13.5 Å². The van der Waals surface area contributed by atoms with E-state index in [1.807, 2.05) is 0 Å². The van der Waals surface area contributed by atoms with E-state index in [0.717, 1.165) is 11.3 Å². The van der Waals surface area contributed by atoms with E-state index in [-0.39, 0.29) is 25.3 Å². The molecule has 3 nitrogen and oxygen atoms in total. The first-order chi connectivity index (χ1) is 6.72. The van der Waals surface area contributed by atoms with Crippen molar-refractivity contribution < 1.29 is 33.5 Å². The van der Waals surface area contributed by atoms with Crippen molar-refractivity contribution in [3.05, 3.63) is 36.8 Å². The van der Waals surface area contributed by atoms with Crippen LogP contribution in [0, 0.1) is 6.92 Å². The summed E-state index contributed by atoms with van der Waals surface area (Å²) in [6.07, 6.45) is 0.0595. The van der Waals surface area contributed by atoms with Crippen molar-refractivity contribution in [3.63, 3.8) is 0 Å². The van der Waals surface area contributed by atoms with Gasteiger partial charge < -0.3 is 16.8 Å². The van der Waals surface area contributed by atoms with Gasteiger partial charge in [0.15, 0.2) is 0 Å². The van der Waals surface area contributed by atoms with Crippen LogP contribution in [0.4, 0.5) is 0 Å². The van der Waals surface area contributed by atoms with Crippen molar-refractivity contribution in [1.82, 2.24) is 0 Å². The monoisotopic (exact) mass is 202 g/mol. The van der Waals surface area contributed by atoms with E-state index in [2.05, 4.69) is 6.92 Å². The van der Waals surface area contributed by atoms with Crippen LogP contribution in [0.1, 0.15) is 12.5 Å². The number of ether oxygens (including phenoxy) is 1. The maximum Gasteiger partial charge on any atom is 1.00 e. The Morgan fingerprint density at radius 1 is 1.33 bits per heavy atom. The number of hydrogen-bond donors (Lipinski definition) is 1. The van der Waals surface area contributed by atoms with E-state index in [0.29, 0.717) is 0 Å². The van der Waals surface area contributed by atoms with E-state index < -0.39 is 5.97 Å². The fraction of sp³-hybridized carbons (Fsp3) is 0.273. The zero-order valence-corrected chi connectivity index (χ0v) is 9.49. The van der Waals surface area contributed by atoms with Gasteiger partial charge >= 0.3 is 24.8 Å². The van der Waals surface area contributed by atoms with Gasteiger partial charge in [0, 0.05) is 0 Å². The van der Waals surface area contributed by atoms with Gasteiger partial charge in [-0.2, -0.15) is 6.92 Å². The average molecular weight is 202 g/mol. The minimum atomic E-state index is -0.819. The van der Waals surface area contributed by atoms with Crippen LogP contribution in [0.2, 0.25) is 0 Å². The van der Waals surface area contributed by atoms with Gasteiger partial charge in [-0.05, 0) is 17.7 Å². The molecular formula is C11H15LiO3. The molecule has 1 rings (SSSR count). The number of carboxylic acid groups (broad SMARTS) is 1.